The highest BCUT2D eigenvalue weighted by atomic mass is 16.6. The summed E-state index contributed by atoms with van der Waals surface area (Å²) >= 11 is 0. The van der Waals surface area contributed by atoms with Gasteiger partial charge in [-0.25, -0.2) is 0 Å². The van der Waals surface area contributed by atoms with Gasteiger partial charge in [-0.05, 0) is 0 Å². The van der Waals surface area contributed by atoms with Crippen LogP contribution in [0, 0.1) is 10.8 Å². The Hall–Kier alpha value is -1.10. The van der Waals surface area contributed by atoms with E-state index in [9.17, 15) is 9.59 Å². The third kappa shape index (κ3) is 2.29. The number of carbonyl (C=O) groups is 2. The Morgan fingerprint density at radius 1 is 1.53 bits per heavy atom. The zero-order valence-corrected chi connectivity index (χ0v) is 10.6. The van der Waals surface area contributed by atoms with Crippen LogP contribution in [0.25, 0.3) is 0 Å². The monoisotopic (exact) mass is 240 g/mol. The van der Waals surface area contributed by atoms with Gasteiger partial charge in [0, 0.05) is 23.9 Å². The lowest BCUT2D eigenvalue weighted by molar-refractivity contribution is -0.143. The van der Waals surface area contributed by atoms with Crippen LogP contribution in [0.15, 0.2) is 0 Å². The molecule has 5 nitrogen and oxygen atoms in total. The van der Waals surface area contributed by atoms with Crippen molar-refractivity contribution < 1.29 is 14.3 Å². The first-order chi connectivity index (χ1) is 7.83. The van der Waals surface area contributed by atoms with Crippen molar-refractivity contribution in [2.45, 2.75) is 33.3 Å². The van der Waals surface area contributed by atoms with E-state index in [0.717, 1.165) is 13.1 Å². The molecule has 0 aromatic heterocycles. The van der Waals surface area contributed by atoms with Crippen LogP contribution < -0.4 is 10.6 Å². The summed E-state index contributed by atoms with van der Waals surface area (Å²) in [6, 6.07) is 0. The van der Waals surface area contributed by atoms with Crippen molar-refractivity contribution in [1.29, 1.82) is 0 Å². The van der Waals surface area contributed by atoms with Crippen LogP contribution in [0.5, 0.6) is 0 Å². The highest BCUT2D eigenvalue weighted by Crippen LogP contribution is 2.38. The number of esters is 1. The van der Waals surface area contributed by atoms with E-state index in [1.165, 1.54) is 0 Å². The second-order valence-corrected chi connectivity index (χ2v) is 6.08. The van der Waals surface area contributed by atoms with Crippen molar-refractivity contribution in [3.63, 3.8) is 0 Å². The predicted molar refractivity (Wildman–Crippen MR) is 62.3 cm³/mol. The highest BCUT2D eigenvalue weighted by Gasteiger charge is 2.53. The minimum Gasteiger partial charge on any atom is -0.460 e. The van der Waals surface area contributed by atoms with E-state index in [0.29, 0.717) is 13.0 Å². The highest BCUT2D eigenvalue weighted by molar-refractivity contribution is 5.81. The summed E-state index contributed by atoms with van der Waals surface area (Å²) in [4.78, 5) is 23.1. The first kappa shape index (κ1) is 12.4. The predicted octanol–water partition coefficient (Wildman–Crippen LogP) is 0.0538. The molecule has 2 fully saturated rings. The minimum absolute atomic E-state index is 0.0112. The van der Waals surface area contributed by atoms with E-state index in [-0.39, 0.29) is 23.4 Å². The largest absolute Gasteiger partial charge is 0.460 e. The van der Waals surface area contributed by atoms with E-state index in [1.807, 2.05) is 20.8 Å². The molecule has 0 saturated carbocycles. The van der Waals surface area contributed by atoms with Crippen molar-refractivity contribution in [2.24, 2.45) is 10.8 Å². The van der Waals surface area contributed by atoms with Crippen LogP contribution in [0.2, 0.25) is 0 Å². The van der Waals surface area contributed by atoms with E-state index in [2.05, 4.69) is 10.6 Å². The summed E-state index contributed by atoms with van der Waals surface area (Å²) < 4.78 is 5.29. The van der Waals surface area contributed by atoms with Gasteiger partial charge in [0.25, 0.3) is 0 Å². The second kappa shape index (κ2) is 3.98. The molecule has 2 N–H and O–H groups in total. The minimum atomic E-state index is -0.409. The summed E-state index contributed by atoms with van der Waals surface area (Å²) in [5.41, 5.74) is -0.490. The van der Waals surface area contributed by atoms with Crippen LogP contribution in [-0.4, -0.2) is 37.6 Å². The molecule has 17 heavy (non-hydrogen) atoms. The lowest BCUT2D eigenvalue weighted by atomic mass is 9.75. The lowest BCUT2D eigenvalue weighted by Crippen LogP contribution is -2.60. The maximum atomic E-state index is 11.8. The Kier molecular flexibility index (Phi) is 2.89. The average Bonchev–Trinajstić information content (AvgIpc) is 2.49. The molecule has 1 amide bonds. The zero-order valence-electron chi connectivity index (χ0n) is 10.6. The van der Waals surface area contributed by atoms with Crippen molar-refractivity contribution >= 4 is 11.9 Å². The molecule has 1 spiro atoms. The Balaban J connectivity index is 1.91. The van der Waals surface area contributed by atoms with Gasteiger partial charge < -0.3 is 15.4 Å². The van der Waals surface area contributed by atoms with Gasteiger partial charge in [-0.1, -0.05) is 20.8 Å². The van der Waals surface area contributed by atoms with Gasteiger partial charge in [0.15, 0.2) is 0 Å². The standard InChI is InChI=1S/C12H20N2O3/c1-11(2,3)10(16)14-5-8-12(6-13-7-12)4-9(15)17-8/h8,13H,4-7H2,1-3H3,(H,14,16). The van der Waals surface area contributed by atoms with Crippen molar-refractivity contribution in [3.05, 3.63) is 0 Å². The number of amides is 1. The van der Waals surface area contributed by atoms with Gasteiger partial charge >= 0.3 is 5.97 Å². The quantitative estimate of drug-likeness (QED) is 0.669. The van der Waals surface area contributed by atoms with E-state index >= 15 is 0 Å². The number of rotatable bonds is 2. The molecule has 2 aliphatic rings. The van der Waals surface area contributed by atoms with Crippen LogP contribution in [-0.2, 0) is 14.3 Å². The first-order valence-corrected chi connectivity index (χ1v) is 6.02. The van der Waals surface area contributed by atoms with Crippen molar-refractivity contribution in [3.8, 4) is 0 Å². The zero-order chi connectivity index (χ0) is 12.7. The van der Waals surface area contributed by atoms with Crippen LogP contribution in [0.4, 0.5) is 0 Å². The van der Waals surface area contributed by atoms with Crippen molar-refractivity contribution in [1.82, 2.24) is 10.6 Å². The van der Waals surface area contributed by atoms with E-state index < -0.39 is 5.41 Å². The number of cyclic esters (lactones) is 1. The van der Waals surface area contributed by atoms with Gasteiger partial charge in [-0.2, -0.15) is 0 Å². The molecule has 0 bridgehead atoms. The second-order valence-electron chi connectivity index (χ2n) is 6.08. The fourth-order valence-corrected chi connectivity index (χ4v) is 2.23. The topological polar surface area (TPSA) is 67.4 Å². The number of nitrogens with one attached hydrogen (secondary N) is 2. The number of carbonyl (C=O) groups excluding carboxylic acids is 2. The molecule has 0 radical (unpaired) electrons. The SMILES string of the molecule is CC(C)(C)C(=O)NCC1OC(=O)CC12CNC2. The molecule has 2 rings (SSSR count). The summed E-state index contributed by atoms with van der Waals surface area (Å²) in [5.74, 6) is -0.163. The molecule has 0 aromatic carbocycles. The van der Waals surface area contributed by atoms with Crippen LogP contribution in [0.1, 0.15) is 27.2 Å². The third-order valence-corrected chi connectivity index (χ3v) is 3.54. The molecular formula is C12H20N2O3. The molecule has 0 aliphatic carbocycles. The molecule has 96 valence electrons. The van der Waals surface area contributed by atoms with E-state index in [4.69, 9.17) is 4.74 Å². The molecular weight excluding hydrogens is 220 g/mol. The maximum absolute atomic E-state index is 11.8. The number of hydrogen-bond donors (Lipinski definition) is 2. The first-order valence-electron chi connectivity index (χ1n) is 6.02. The number of hydrogen-bond acceptors (Lipinski definition) is 4. The van der Waals surface area contributed by atoms with Gasteiger partial charge in [0.1, 0.15) is 6.10 Å². The van der Waals surface area contributed by atoms with Gasteiger partial charge in [0.2, 0.25) is 5.91 Å². The summed E-state index contributed by atoms with van der Waals surface area (Å²) in [6.45, 7) is 7.62. The van der Waals surface area contributed by atoms with Gasteiger partial charge in [0.05, 0.1) is 13.0 Å². The molecule has 2 heterocycles. The number of ether oxygens (including phenoxy) is 1. The van der Waals surface area contributed by atoms with Crippen LogP contribution >= 0.6 is 0 Å². The van der Waals surface area contributed by atoms with Crippen LogP contribution in [0.3, 0.4) is 0 Å². The normalized spacial score (nSPS) is 26.5. The Labute approximate surface area is 101 Å². The van der Waals surface area contributed by atoms with Gasteiger partial charge in [-0.3, -0.25) is 9.59 Å². The molecule has 2 saturated heterocycles. The summed E-state index contributed by atoms with van der Waals surface area (Å²) in [7, 11) is 0. The third-order valence-electron chi connectivity index (χ3n) is 3.54. The van der Waals surface area contributed by atoms with Crippen molar-refractivity contribution in [2.75, 3.05) is 19.6 Å². The fourth-order valence-electron chi connectivity index (χ4n) is 2.23. The summed E-state index contributed by atoms with van der Waals surface area (Å²) in [5, 5.41) is 6.03. The molecule has 2 aliphatic heterocycles. The maximum Gasteiger partial charge on any atom is 0.306 e. The molecule has 1 unspecified atom stereocenters. The molecule has 0 aromatic rings. The van der Waals surface area contributed by atoms with E-state index in [1.54, 1.807) is 0 Å². The Morgan fingerprint density at radius 3 is 2.65 bits per heavy atom. The Morgan fingerprint density at radius 2 is 2.18 bits per heavy atom. The summed E-state index contributed by atoms with van der Waals surface area (Å²) in [6.07, 6.45) is 0.290. The smallest absolute Gasteiger partial charge is 0.306 e. The van der Waals surface area contributed by atoms with Gasteiger partial charge in [-0.15, -0.1) is 0 Å². The Bertz CT molecular complexity index is 342. The fraction of sp³-hybridized carbons (Fsp3) is 0.833. The molecule has 5 heteroatoms. The lowest BCUT2D eigenvalue weighted by Gasteiger charge is -2.41. The average molecular weight is 240 g/mol. The molecule has 1 atom stereocenters.